The van der Waals surface area contributed by atoms with Crippen LogP contribution in [-0.4, -0.2) is 23.2 Å². The van der Waals surface area contributed by atoms with Crippen LogP contribution in [0.15, 0.2) is 24.3 Å². The zero-order valence-corrected chi connectivity index (χ0v) is 11.7. The van der Waals surface area contributed by atoms with Crippen molar-refractivity contribution < 1.29 is 4.79 Å². The molecule has 1 aromatic rings. The minimum atomic E-state index is -0.582. The van der Waals surface area contributed by atoms with E-state index in [-0.39, 0.29) is 24.1 Å². The van der Waals surface area contributed by atoms with E-state index < -0.39 is 5.54 Å². The monoisotopic (exact) mass is 293 g/mol. The van der Waals surface area contributed by atoms with Crippen molar-refractivity contribution in [2.24, 2.45) is 0 Å². The molecular formula is C12H14Cl3NO. The third-order valence-electron chi connectivity index (χ3n) is 2.34. The van der Waals surface area contributed by atoms with Crippen molar-refractivity contribution in [1.29, 1.82) is 0 Å². The normalized spacial score (nSPS) is 11.3. The topological polar surface area (TPSA) is 29.1 Å². The summed E-state index contributed by atoms with van der Waals surface area (Å²) in [5.41, 5.74) is 0.208. The van der Waals surface area contributed by atoms with Crippen LogP contribution >= 0.6 is 34.8 Å². The largest absolute Gasteiger partial charge is 0.348 e. The molecule has 0 heterocycles. The summed E-state index contributed by atoms with van der Waals surface area (Å²) in [5, 5.41) is 3.39. The van der Waals surface area contributed by atoms with E-state index in [2.05, 4.69) is 5.32 Å². The summed E-state index contributed by atoms with van der Waals surface area (Å²) >= 11 is 17.5. The molecule has 0 atom stereocenters. The van der Waals surface area contributed by atoms with Crippen LogP contribution < -0.4 is 5.32 Å². The zero-order chi connectivity index (χ0) is 12.9. The number of carbonyl (C=O) groups is 1. The first-order valence-corrected chi connectivity index (χ1v) is 6.62. The lowest BCUT2D eigenvalue weighted by Crippen LogP contribution is -2.49. The lowest BCUT2D eigenvalue weighted by atomic mass is 10.1. The van der Waals surface area contributed by atoms with Crippen LogP contribution in [0.5, 0.6) is 0 Å². The predicted octanol–water partition coefficient (Wildman–Crippen LogP) is 3.24. The van der Waals surface area contributed by atoms with Gasteiger partial charge in [-0.3, -0.25) is 4.79 Å². The van der Waals surface area contributed by atoms with Gasteiger partial charge in [0.15, 0.2) is 0 Å². The van der Waals surface area contributed by atoms with Crippen LogP contribution in [-0.2, 0) is 11.2 Å². The number of benzene rings is 1. The molecule has 0 bridgehead atoms. The Morgan fingerprint density at radius 2 is 1.88 bits per heavy atom. The van der Waals surface area contributed by atoms with Gasteiger partial charge in [-0.25, -0.2) is 0 Å². The Morgan fingerprint density at radius 3 is 2.41 bits per heavy atom. The third-order valence-corrected chi connectivity index (χ3v) is 3.89. The number of rotatable bonds is 5. The molecular weight excluding hydrogens is 280 g/mol. The lowest BCUT2D eigenvalue weighted by molar-refractivity contribution is -0.121. The number of alkyl halides is 2. The maximum Gasteiger partial charge on any atom is 0.224 e. The summed E-state index contributed by atoms with van der Waals surface area (Å²) in [7, 11) is 0. The summed E-state index contributed by atoms with van der Waals surface area (Å²) in [6, 6.07) is 7.25. The van der Waals surface area contributed by atoms with Crippen molar-refractivity contribution in [2.45, 2.75) is 18.9 Å². The van der Waals surface area contributed by atoms with Crippen LogP contribution in [0.25, 0.3) is 0 Å². The number of halogens is 3. The molecule has 17 heavy (non-hydrogen) atoms. The molecule has 2 nitrogen and oxygen atoms in total. The summed E-state index contributed by atoms with van der Waals surface area (Å²) in [5.74, 6) is 0.400. The van der Waals surface area contributed by atoms with E-state index in [1.807, 2.05) is 18.2 Å². The molecule has 1 N–H and O–H groups in total. The molecule has 1 rings (SSSR count). The van der Waals surface area contributed by atoms with E-state index in [0.29, 0.717) is 5.02 Å². The number of nitrogens with one attached hydrogen (secondary N) is 1. The van der Waals surface area contributed by atoms with Gasteiger partial charge >= 0.3 is 0 Å². The Morgan fingerprint density at radius 1 is 1.29 bits per heavy atom. The second kappa shape index (κ2) is 6.48. The highest BCUT2D eigenvalue weighted by Gasteiger charge is 2.24. The molecule has 0 aromatic heterocycles. The molecule has 0 radical (unpaired) electrons. The molecule has 0 aliphatic rings. The Balaban J connectivity index is 2.65. The standard InChI is InChI=1S/C12H14Cl3NO/c1-12(7-13,8-14)16-11(17)6-9-4-2-3-5-10(9)15/h2-5H,6-8H2,1H3,(H,16,17). The average Bonchev–Trinajstić information content (AvgIpc) is 2.32. The van der Waals surface area contributed by atoms with Gasteiger partial charge in [0.05, 0.1) is 12.0 Å². The van der Waals surface area contributed by atoms with Crippen molar-refractivity contribution >= 4 is 40.7 Å². The van der Waals surface area contributed by atoms with Crippen LogP contribution in [0.2, 0.25) is 5.02 Å². The second-order valence-electron chi connectivity index (χ2n) is 4.14. The highest BCUT2D eigenvalue weighted by molar-refractivity contribution is 6.31. The smallest absolute Gasteiger partial charge is 0.224 e. The maximum atomic E-state index is 11.8. The van der Waals surface area contributed by atoms with Crippen LogP contribution in [0.3, 0.4) is 0 Å². The van der Waals surface area contributed by atoms with E-state index in [4.69, 9.17) is 34.8 Å². The summed E-state index contributed by atoms with van der Waals surface area (Å²) in [6.45, 7) is 1.80. The van der Waals surface area contributed by atoms with Crippen LogP contribution in [0, 0.1) is 0 Å². The summed E-state index contributed by atoms with van der Waals surface area (Å²) < 4.78 is 0. The lowest BCUT2D eigenvalue weighted by Gasteiger charge is -2.26. The number of hydrogen-bond acceptors (Lipinski definition) is 1. The fraction of sp³-hybridized carbons (Fsp3) is 0.417. The van der Waals surface area contributed by atoms with Gasteiger partial charge in [0.1, 0.15) is 0 Å². The summed E-state index contributed by atoms with van der Waals surface area (Å²) in [6.07, 6.45) is 0.225. The first kappa shape index (κ1) is 14.6. The van der Waals surface area contributed by atoms with E-state index in [1.165, 1.54) is 0 Å². The average molecular weight is 295 g/mol. The van der Waals surface area contributed by atoms with E-state index >= 15 is 0 Å². The Labute approximate surface area is 116 Å². The molecule has 5 heteroatoms. The highest BCUT2D eigenvalue weighted by Crippen LogP contribution is 2.16. The van der Waals surface area contributed by atoms with Gasteiger partial charge in [-0.05, 0) is 18.6 Å². The third kappa shape index (κ3) is 4.38. The first-order valence-electron chi connectivity index (χ1n) is 5.17. The molecule has 94 valence electrons. The Bertz CT molecular complexity index is 391. The summed E-state index contributed by atoms with van der Waals surface area (Å²) in [4.78, 5) is 11.8. The van der Waals surface area contributed by atoms with Crippen molar-refractivity contribution in [2.75, 3.05) is 11.8 Å². The molecule has 0 saturated carbocycles. The van der Waals surface area contributed by atoms with Crippen LogP contribution in [0.1, 0.15) is 12.5 Å². The number of hydrogen-bond donors (Lipinski definition) is 1. The van der Waals surface area contributed by atoms with E-state index in [0.717, 1.165) is 5.56 Å². The number of amides is 1. The fourth-order valence-electron chi connectivity index (χ4n) is 1.30. The SMILES string of the molecule is CC(CCl)(CCl)NC(=O)Cc1ccccc1Cl. The van der Waals surface area contributed by atoms with Gasteiger partial charge in [-0.15, -0.1) is 23.2 Å². The molecule has 0 unspecified atom stereocenters. The Kier molecular flexibility index (Phi) is 5.57. The zero-order valence-electron chi connectivity index (χ0n) is 9.47. The molecule has 1 amide bonds. The first-order chi connectivity index (χ1) is 8.00. The van der Waals surface area contributed by atoms with Crippen molar-refractivity contribution in [3.8, 4) is 0 Å². The maximum absolute atomic E-state index is 11.8. The molecule has 0 saturated heterocycles. The highest BCUT2D eigenvalue weighted by atomic mass is 35.5. The van der Waals surface area contributed by atoms with Crippen molar-refractivity contribution in [3.63, 3.8) is 0 Å². The van der Waals surface area contributed by atoms with E-state index in [1.54, 1.807) is 13.0 Å². The second-order valence-corrected chi connectivity index (χ2v) is 5.09. The van der Waals surface area contributed by atoms with Gasteiger partial charge in [-0.2, -0.15) is 0 Å². The quantitative estimate of drug-likeness (QED) is 0.830. The molecule has 1 aromatic carbocycles. The predicted molar refractivity (Wildman–Crippen MR) is 73.1 cm³/mol. The number of carbonyl (C=O) groups excluding carboxylic acids is 1. The van der Waals surface area contributed by atoms with Crippen LogP contribution in [0.4, 0.5) is 0 Å². The van der Waals surface area contributed by atoms with Gasteiger partial charge in [0.25, 0.3) is 0 Å². The van der Waals surface area contributed by atoms with Gasteiger partial charge in [0, 0.05) is 16.8 Å². The minimum Gasteiger partial charge on any atom is -0.348 e. The molecule has 0 spiro atoms. The van der Waals surface area contributed by atoms with E-state index in [9.17, 15) is 4.79 Å². The Hall–Kier alpha value is -0.440. The molecule has 0 fully saturated rings. The van der Waals surface area contributed by atoms with Gasteiger partial charge in [0.2, 0.25) is 5.91 Å². The van der Waals surface area contributed by atoms with Gasteiger partial charge < -0.3 is 5.32 Å². The molecule has 0 aliphatic heterocycles. The fourth-order valence-corrected chi connectivity index (χ4v) is 1.92. The molecule has 0 aliphatic carbocycles. The van der Waals surface area contributed by atoms with Gasteiger partial charge in [-0.1, -0.05) is 29.8 Å². The van der Waals surface area contributed by atoms with Crippen molar-refractivity contribution in [3.05, 3.63) is 34.9 Å². The van der Waals surface area contributed by atoms with Crippen molar-refractivity contribution in [1.82, 2.24) is 5.32 Å². The minimum absolute atomic E-state index is 0.137.